The average molecular weight is 801 g/mol. The largest absolute Gasteiger partial charge is 0.462 e. The lowest BCUT2D eigenvalue weighted by atomic mass is 9.73. The number of aliphatic hydroxyl groups excluding tert-OH is 11. The summed E-state index contributed by atoms with van der Waals surface area (Å²) in [5.41, 5.74) is 3.02. The van der Waals surface area contributed by atoms with Crippen molar-refractivity contribution in [3.8, 4) is 11.5 Å². The molecule has 1 aliphatic carbocycles. The lowest BCUT2D eigenvalue weighted by molar-refractivity contribution is -0.352. The molecule has 3 fully saturated rings. The van der Waals surface area contributed by atoms with Gasteiger partial charge in [0.15, 0.2) is 6.29 Å². The first-order valence-electron chi connectivity index (χ1n) is 19.4. The van der Waals surface area contributed by atoms with Gasteiger partial charge in [-0.2, -0.15) is 0 Å². The topological polar surface area (TPSA) is 278 Å². The summed E-state index contributed by atoms with van der Waals surface area (Å²) in [6.07, 6.45) is -18.0. The number of aliphatic hydroxyl groups is 11. The Kier molecular flexibility index (Phi) is 15.7. The molecule has 0 amide bonds. The van der Waals surface area contributed by atoms with Crippen molar-refractivity contribution in [1.29, 1.82) is 0 Å². The van der Waals surface area contributed by atoms with Crippen LogP contribution in [0.2, 0.25) is 0 Å². The van der Waals surface area contributed by atoms with E-state index >= 15 is 0 Å². The Labute approximate surface area is 325 Å². The summed E-state index contributed by atoms with van der Waals surface area (Å²) in [7, 11) is 0. The Bertz CT molecular complexity index is 1470. The fraction of sp³-hybridized carbons (Fsp3) is 0.744. The molecule has 17 heteroatoms. The van der Waals surface area contributed by atoms with Gasteiger partial charge in [-0.05, 0) is 63.1 Å². The van der Waals surface area contributed by atoms with Crippen LogP contribution in [0.5, 0.6) is 11.5 Å². The molecule has 5 rings (SSSR count). The maximum absolute atomic E-state index is 11.7. The van der Waals surface area contributed by atoms with Crippen LogP contribution in [0, 0.1) is 5.92 Å². The number of hydrogen-bond acceptors (Lipinski definition) is 17. The van der Waals surface area contributed by atoms with Crippen molar-refractivity contribution in [2.45, 2.75) is 157 Å². The van der Waals surface area contributed by atoms with Crippen LogP contribution in [0.4, 0.5) is 0 Å². The first kappa shape index (κ1) is 44.8. The molecule has 17 nitrogen and oxygen atoms in total. The highest BCUT2D eigenvalue weighted by Gasteiger charge is 2.52. The Morgan fingerprint density at radius 1 is 0.696 bits per heavy atom. The van der Waals surface area contributed by atoms with E-state index in [1.165, 1.54) is 0 Å². The zero-order valence-electron chi connectivity index (χ0n) is 32.0. The van der Waals surface area contributed by atoms with Crippen LogP contribution in [0.3, 0.4) is 0 Å². The number of rotatable bonds is 15. The van der Waals surface area contributed by atoms with Crippen LogP contribution in [0.25, 0.3) is 0 Å². The van der Waals surface area contributed by atoms with E-state index in [4.69, 9.17) is 28.4 Å². The Morgan fingerprint density at radius 2 is 1.20 bits per heavy atom. The highest BCUT2D eigenvalue weighted by Crippen LogP contribution is 2.49. The van der Waals surface area contributed by atoms with Crippen LogP contribution < -0.4 is 9.47 Å². The molecule has 318 valence electrons. The average Bonchev–Trinajstić information content (AvgIpc) is 3.17. The lowest BCUT2D eigenvalue weighted by Gasteiger charge is -2.46. The normalized spacial score (nSPS) is 40.5. The molecule has 56 heavy (non-hydrogen) atoms. The van der Waals surface area contributed by atoms with Crippen molar-refractivity contribution >= 4 is 0 Å². The van der Waals surface area contributed by atoms with Crippen LogP contribution in [-0.4, -0.2) is 168 Å². The van der Waals surface area contributed by atoms with Crippen molar-refractivity contribution in [2.75, 3.05) is 19.8 Å². The third-order valence-electron chi connectivity index (χ3n) is 11.2. The second-order valence-electron chi connectivity index (χ2n) is 15.4. The molecule has 0 aromatic heterocycles. The molecule has 1 aromatic carbocycles. The maximum atomic E-state index is 11.7. The number of ether oxygens (including phenoxy) is 6. The van der Waals surface area contributed by atoms with Gasteiger partial charge in [0, 0.05) is 11.5 Å². The van der Waals surface area contributed by atoms with Gasteiger partial charge in [0.1, 0.15) is 84.7 Å². The summed E-state index contributed by atoms with van der Waals surface area (Å²) in [6.45, 7) is 7.97. The molecule has 0 spiro atoms. The van der Waals surface area contributed by atoms with E-state index in [0.717, 1.165) is 36.8 Å². The first-order chi connectivity index (χ1) is 26.6. The fourth-order valence-electron chi connectivity index (χ4n) is 7.87. The zero-order valence-corrected chi connectivity index (χ0v) is 32.0. The van der Waals surface area contributed by atoms with Crippen molar-refractivity contribution in [3.63, 3.8) is 0 Å². The van der Waals surface area contributed by atoms with Gasteiger partial charge in [0.05, 0.1) is 19.8 Å². The number of unbranched alkanes of at least 4 members (excludes halogenated alkanes) is 2. The van der Waals surface area contributed by atoms with E-state index in [-0.39, 0.29) is 17.4 Å². The fourth-order valence-corrected chi connectivity index (χ4v) is 7.87. The van der Waals surface area contributed by atoms with Crippen molar-refractivity contribution in [3.05, 3.63) is 47.1 Å². The van der Waals surface area contributed by atoms with Gasteiger partial charge < -0.3 is 84.6 Å². The summed E-state index contributed by atoms with van der Waals surface area (Å²) < 4.78 is 35.9. The Balaban J connectivity index is 1.59. The monoisotopic (exact) mass is 800 g/mol. The Morgan fingerprint density at radius 3 is 1.71 bits per heavy atom. The van der Waals surface area contributed by atoms with Crippen LogP contribution >= 0.6 is 0 Å². The van der Waals surface area contributed by atoms with Crippen LogP contribution in [0.1, 0.15) is 69.9 Å². The van der Waals surface area contributed by atoms with Gasteiger partial charge in [-0.25, -0.2) is 0 Å². The predicted octanol–water partition coefficient (Wildman–Crippen LogP) is -1.38. The summed E-state index contributed by atoms with van der Waals surface area (Å²) in [6, 6.07) is 3.51. The summed E-state index contributed by atoms with van der Waals surface area (Å²) in [4.78, 5) is 0. The molecular formula is C39H60O17. The predicted molar refractivity (Wildman–Crippen MR) is 195 cm³/mol. The van der Waals surface area contributed by atoms with Crippen molar-refractivity contribution in [1.82, 2.24) is 0 Å². The molecule has 1 aromatic rings. The standard InChI is InChI=1S/C39H60O17/c1-5-6-7-8-19-12-22(51-37-33(48)31(46)28(43)24(14-40)53-37)27(21-11-18(4)9-10-20(21)17(2)3)23(13-19)52-39-35(50)36(30(45)26(16-42)55-39)56-38-34(49)32(47)29(44)25(15-41)54-38/h11-13,20-21,24-26,28-50H,2,5-10,14-16H2,1,3-4H3/t20?,21-,24-,25-,26-,28-,29-,30-,31+,32+,33-,34-,35-,36+,37-,38+,39-/m1/s1. The van der Waals surface area contributed by atoms with Gasteiger partial charge in [0.2, 0.25) is 12.6 Å². The minimum Gasteiger partial charge on any atom is -0.462 e. The van der Waals surface area contributed by atoms with Crippen LogP contribution in [-0.2, 0) is 25.4 Å². The van der Waals surface area contributed by atoms with E-state index in [0.29, 0.717) is 24.0 Å². The van der Waals surface area contributed by atoms with Crippen molar-refractivity contribution in [2.24, 2.45) is 5.92 Å². The molecule has 4 aliphatic rings. The quantitative estimate of drug-likeness (QED) is 0.0720. The smallest absolute Gasteiger partial charge is 0.229 e. The maximum Gasteiger partial charge on any atom is 0.229 e. The van der Waals surface area contributed by atoms with E-state index < -0.39 is 118 Å². The molecule has 3 saturated heterocycles. The van der Waals surface area contributed by atoms with Gasteiger partial charge in [-0.15, -0.1) is 0 Å². The van der Waals surface area contributed by atoms with Crippen molar-refractivity contribution < 1.29 is 84.6 Å². The van der Waals surface area contributed by atoms with Gasteiger partial charge >= 0.3 is 0 Å². The van der Waals surface area contributed by atoms with E-state index in [9.17, 15) is 56.2 Å². The SMILES string of the molecule is C=C(C)C1CCC(C)=C[C@H]1c1c(O[C@@H]2O[C@H](CO)[C@@H](O)[C@H](O)[C@H]2O)cc(CCCCC)cc1O[C@@H]1O[C@H](CO)[C@@H](O)[C@H](O[C@@H]2O[C@H](CO)[C@@H](O)[C@H](O)[C@H]2O)[C@H]1O. The number of allylic oxidation sites excluding steroid dienone is 3. The molecule has 0 bridgehead atoms. The van der Waals surface area contributed by atoms with E-state index in [2.05, 4.69) is 13.5 Å². The minimum atomic E-state index is -1.86. The highest BCUT2D eigenvalue weighted by molar-refractivity contribution is 5.53. The minimum absolute atomic E-state index is 0.143. The number of aryl methyl sites for hydroxylation is 1. The zero-order chi connectivity index (χ0) is 41.0. The molecular weight excluding hydrogens is 740 g/mol. The lowest BCUT2D eigenvalue weighted by Crippen LogP contribution is -2.65. The van der Waals surface area contributed by atoms with Gasteiger partial charge in [-0.1, -0.05) is 43.6 Å². The van der Waals surface area contributed by atoms with E-state index in [1.54, 1.807) is 12.1 Å². The first-order valence-corrected chi connectivity index (χ1v) is 19.4. The highest BCUT2D eigenvalue weighted by atomic mass is 16.7. The molecule has 17 atom stereocenters. The number of hydrogen-bond donors (Lipinski definition) is 11. The molecule has 0 saturated carbocycles. The molecule has 11 N–H and O–H groups in total. The molecule has 3 aliphatic heterocycles. The van der Waals surface area contributed by atoms with Gasteiger partial charge in [-0.3, -0.25) is 0 Å². The third-order valence-corrected chi connectivity index (χ3v) is 11.2. The summed E-state index contributed by atoms with van der Waals surface area (Å²) >= 11 is 0. The Hall–Kier alpha value is -2.30. The summed E-state index contributed by atoms with van der Waals surface area (Å²) in [5, 5.41) is 116. The number of benzene rings is 1. The van der Waals surface area contributed by atoms with E-state index in [1.807, 2.05) is 19.9 Å². The molecule has 3 heterocycles. The second-order valence-corrected chi connectivity index (χ2v) is 15.4. The molecule has 1 unspecified atom stereocenters. The third kappa shape index (κ3) is 9.59. The summed E-state index contributed by atoms with van der Waals surface area (Å²) in [5.74, 6) is -0.319. The van der Waals surface area contributed by atoms with Gasteiger partial charge in [0.25, 0.3) is 0 Å². The van der Waals surface area contributed by atoms with Crippen LogP contribution in [0.15, 0.2) is 35.9 Å². The molecule has 0 radical (unpaired) electrons. The second kappa shape index (κ2) is 19.6.